The number of nitrogens with two attached hydrogens (primary N) is 1. The van der Waals surface area contributed by atoms with Gasteiger partial charge in [-0.05, 0) is 30.7 Å². The molecule has 0 atom stereocenters. The lowest BCUT2D eigenvalue weighted by atomic mass is 10.1. The third-order valence-electron chi connectivity index (χ3n) is 6.47. The van der Waals surface area contributed by atoms with Crippen molar-refractivity contribution < 1.29 is 19.0 Å². The lowest BCUT2D eigenvalue weighted by Crippen LogP contribution is -2.15. The molecule has 0 unspecified atom stereocenters. The fourth-order valence-electron chi connectivity index (χ4n) is 4.59. The minimum Gasteiger partial charge on any atom is -0.486 e. The number of unbranched alkanes of at least 4 members (excludes halogenated alkanes) is 6. The molecule has 3 heterocycles. The van der Waals surface area contributed by atoms with Crippen LogP contribution >= 0.6 is 0 Å². The van der Waals surface area contributed by atoms with Crippen molar-refractivity contribution in [2.75, 3.05) is 25.6 Å². The van der Waals surface area contributed by atoms with E-state index in [0.29, 0.717) is 59.2 Å². The Kier molecular flexibility index (Phi) is 7.21. The lowest BCUT2D eigenvalue weighted by molar-refractivity contribution is 0.0501. The minimum atomic E-state index is -0.482. The van der Waals surface area contributed by atoms with Gasteiger partial charge in [-0.3, -0.25) is 4.57 Å². The summed E-state index contributed by atoms with van der Waals surface area (Å²) in [6, 6.07) is 13.1. The van der Waals surface area contributed by atoms with Crippen LogP contribution in [0.2, 0.25) is 0 Å². The number of rotatable bonds is 10. The van der Waals surface area contributed by atoms with Gasteiger partial charge >= 0.3 is 5.97 Å². The van der Waals surface area contributed by atoms with Crippen molar-refractivity contribution in [3.05, 3.63) is 48.0 Å². The van der Waals surface area contributed by atoms with Gasteiger partial charge in [0.15, 0.2) is 17.1 Å². The molecule has 0 bridgehead atoms. The second-order valence-electron chi connectivity index (χ2n) is 9.07. The predicted molar refractivity (Wildman–Crippen MR) is 140 cm³/mol. The van der Waals surface area contributed by atoms with Crippen molar-refractivity contribution >= 4 is 34.0 Å². The first-order valence-corrected chi connectivity index (χ1v) is 12.8. The summed E-state index contributed by atoms with van der Waals surface area (Å²) in [5.74, 6) is 1.05. The second kappa shape index (κ2) is 10.8. The highest BCUT2D eigenvalue weighted by molar-refractivity contribution is 6.09. The van der Waals surface area contributed by atoms with E-state index in [2.05, 4.69) is 6.92 Å². The highest BCUT2D eigenvalue weighted by atomic mass is 16.6. The molecule has 1 aliphatic heterocycles. The molecule has 0 amide bonds. The Morgan fingerprint density at radius 3 is 2.42 bits per heavy atom. The number of esters is 1. The van der Waals surface area contributed by atoms with Crippen LogP contribution in [0.3, 0.4) is 0 Å². The number of anilines is 1. The van der Waals surface area contributed by atoms with E-state index in [1.807, 2.05) is 42.5 Å². The molecule has 188 valence electrons. The van der Waals surface area contributed by atoms with Gasteiger partial charge in [0, 0.05) is 6.07 Å². The Morgan fingerprint density at radius 1 is 0.944 bits per heavy atom. The van der Waals surface area contributed by atoms with Crippen LogP contribution in [0, 0.1) is 0 Å². The molecule has 8 heteroatoms. The first-order chi connectivity index (χ1) is 17.7. The molecule has 4 aromatic rings. The standard InChI is InChI=1S/C28H32N4O4/c1-2-3-4-5-6-7-10-15-36-28(33)24-25-27(31-21-12-9-8-11-20(21)30-25)32(26(24)29)19-13-14-22-23(18-19)35-17-16-34-22/h8-9,11-14,18H,2-7,10,15-17,29H2,1H3. The van der Waals surface area contributed by atoms with Crippen LogP contribution in [-0.2, 0) is 4.74 Å². The number of benzene rings is 2. The van der Waals surface area contributed by atoms with E-state index in [0.717, 1.165) is 19.3 Å². The quantitative estimate of drug-likeness (QED) is 0.221. The van der Waals surface area contributed by atoms with Gasteiger partial charge in [0.2, 0.25) is 0 Å². The number of para-hydroxylation sites is 2. The van der Waals surface area contributed by atoms with Crippen LogP contribution < -0.4 is 15.2 Å². The van der Waals surface area contributed by atoms with Crippen LogP contribution in [0.4, 0.5) is 5.82 Å². The third kappa shape index (κ3) is 4.80. The highest BCUT2D eigenvalue weighted by Gasteiger charge is 2.26. The molecule has 0 aliphatic carbocycles. The van der Waals surface area contributed by atoms with Gasteiger partial charge in [0.25, 0.3) is 0 Å². The van der Waals surface area contributed by atoms with E-state index in [1.165, 1.54) is 25.7 Å². The average Bonchev–Trinajstić information content (AvgIpc) is 3.19. The summed E-state index contributed by atoms with van der Waals surface area (Å²) < 4.78 is 18.8. The largest absolute Gasteiger partial charge is 0.486 e. The molecule has 0 saturated carbocycles. The van der Waals surface area contributed by atoms with Crippen molar-refractivity contribution in [1.29, 1.82) is 0 Å². The zero-order valence-electron chi connectivity index (χ0n) is 20.7. The number of nitrogen functional groups attached to an aromatic ring is 1. The van der Waals surface area contributed by atoms with Gasteiger partial charge in [-0.15, -0.1) is 0 Å². The third-order valence-corrected chi connectivity index (χ3v) is 6.47. The molecular weight excluding hydrogens is 456 g/mol. The Morgan fingerprint density at radius 2 is 1.64 bits per heavy atom. The van der Waals surface area contributed by atoms with E-state index in [1.54, 1.807) is 4.57 Å². The smallest absolute Gasteiger partial charge is 0.344 e. The van der Waals surface area contributed by atoms with Crippen molar-refractivity contribution in [3.63, 3.8) is 0 Å². The lowest BCUT2D eigenvalue weighted by Gasteiger charge is -2.19. The first kappa shape index (κ1) is 23.9. The van der Waals surface area contributed by atoms with E-state index >= 15 is 0 Å². The maximum atomic E-state index is 13.2. The average molecular weight is 489 g/mol. The molecule has 1 aliphatic rings. The molecule has 0 saturated heterocycles. The predicted octanol–water partition coefficient (Wildman–Crippen LogP) is 5.83. The number of carbonyl (C=O) groups is 1. The molecule has 8 nitrogen and oxygen atoms in total. The topological polar surface area (TPSA) is 101 Å². The van der Waals surface area contributed by atoms with Gasteiger partial charge in [-0.25, -0.2) is 14.8 Å². The summed E-state index contributed by atoms with van der Waals surface area (Å²) in [7, 11) is 0. The summed E-state index contributed by atoms with van der Waals surface area (Å²) in [6.07, 6.45) is 8.01. The van der Waals surface area contributed by atoms with Crippen molar-refractivity contribution in [2.45, 2.75) is 51.9 Å². The highest BCUT2D eigenvalue weighted by Crippen LogP contribution is 2.36. The molecule has 5 rings (SSSR count). The van der Waals surface area contributed by atoms with Crippen molar-refractivity contribution in [2.24, 2.45) is 0 Å². The van der Waals surface area contributed by atoms with Crippen LogP contribution in [0.5, 0.6) is 11.5 Å². The summed E-state index contributed by atoms with van der Waals surface area (Å²) in [4.78, 5) is 22.8. The molecule has 2 N–H and O–H groups in total. The van der Waals surface area contributed by atoms with E-state index in [-0.39, 0.29) is 11.4 Å². The molecular formula is C28H32N4O4. The van der Waals surface area contributed by atoms with E-state index in [9.17, 15) is 4.79 Å². The number of hydrogen-bond acceptors (Lipinski definition) is 7. The van der Waals surface area contributed by atoms with Crippen LogP contribution in [0.25, 0.3) is 27.9 Å². The molecule has 36 heavy (non-hydrogen) atoms. The van der Waals surface area contributed by atoms with Gasteiger partial charge in [-0.2, -0.15) is 0 Å². The number of aromatic nitrogens is 3. The summed E-state index contributed by atoms with van der Waals surface area (Å²) in [6.45, 7) is 3.54. The number of ether oxygens (including phenoxy) is 3. The molecule has 0 radical (unpaired) electrons. The number of nitrogens with zero attached hydrogens (tertiary/aromatic N) is 3. The van der Waals surface area contributed by atoms with Crippen LogP contribution in [0.15, 0.2) is 42.5 Å². The van der Waals surface area contributed by atoms with E-state index < -0.39 is 5.97 Å². The maximum Gasteiger partial charge on any atom is 0.344 e. The fraction of sp³-hybridized carbons (Fsp3) is 0.393. The Hall–Kier alpha value is -3.81. The molecule has 2 aromatic heterocycles. The Labute approximate surface area is 210 Å². The van der Waals surface area contributed by atoms with Crippen molar-refractivity contribution in [1.82, 2.24) is 14.5 Å². The summed E-state index contributed by atoms with van der Waals surface area (Å²) >= 11 is 0. The van der Waals surface area contributed by atoms with Gasteiger partial charge < -0.3 is 19.9 Å². The normalized spacial score (nSPS) is 12.8. The zero-order valence-corrected chi connectivity index (χ0v) is 20.7. The molecule has 0 fully saturated rings. The summed E-state index contributed by atoms with van der Waals surface area (Å²) in [5.41, 5.74) is 9.85. The SMILES string of the molecule is CCCCCCCCCOC(=O)c1c(N)n(-c2ccc3c(c2)OCCO3)c2nc3ccccc3nc12. The summed E-state index contributed by atoms with van der Waals surface area (Å²) in [5, 5.41) is 0. The number of carbonyl (C=O) groups excluding carboxylic acids is 1. The fourth-order valence-corrected chi connectivity index (χ4v) is 4.59. The molecule has 2 aromatic carbocycles. The zero-order chi connectivity index (χ0) is 24.9. The van der Waals surface area contributed by atoms with E-state index in [4.69, 9.17) is 29.9 Å². The molecule has 0 spiro atoms. The van der Waals surface area contributed by atoms with Gasteiger partial charge in [0.05, 0.1) is 23.3 Å². The number of hydrogen-bond donors (Lipinski definition) is 1. The van der Waals surface area contributed by atoms with Crippen molar-refractivity contribution in [3.8, 4) is 17.2 Å². The van der Waals surface area contributed by atoms with Crippen LogP contribution in [0.1, 0.15) is 62.2 Å². The Balaban J connectivity index is 1.45. The second-order valence-corrected chi connectivity index (χ2v) is 9.07. The first-order valence-electron chi connectivity index (χ1n) is 12.8. The number of fused-ring (bicyclic) bond motifs is 3. The van der Waals surface area contributed by atoms with Crippen LogP contribution in [-0.4, -0.2) is 40.3 Å². The minimum absolute atomic E-state index is 0.237. The monoisotopic (exact) mass is 488 g/mol. The Bertz CT molecular complexity index is 1380. The van der Waals surface area contributed by atoms with Gasteiger partial charge in [-0.1, -0.05) is 57.6 Å². The van der Waals surface area contributed by atoms with Gasteiger partial charge in [0.1, 0.15) is 30.1 Å². The maximum absolute atomic E-state index is 13.2.